The monoisotopic (exact) mass is 369 g/mol. The van der Waals surface area contributed by atoms with Crippen LogP contribution in [0, 0.1) is 21.4 Å². The molecular weight excluding hydrogens is 354 g/mol. The van der Waals surface area contributed by atoms with Gasteiger partial charge in [0.1, 0.15) is 17.4 Å². The highest BCUT2D eigenvalue weighted by atomic mass is 16.6. The van der Waals surface area contributed by atoms with Crippen molar-refractivity contribution < 1.29 is 24.3 Å². The summed E-state index contributed by atoms with van der Waals surface area (Å²) in [5.74, 6) is -0.345. The number of nitrogens with zero attached hydrogens (tertiary/aromatic N) is 2. The van der Waals surface area contributed by atoms with Crippen LogP contribution in [0.2, 0.25) is 0 Å². The summed E-state index contributed by atoms with van der Waals surface area (Å²) >= 11 is 0. The summed E-state index contributed by atoms with van der Waals surface area (Å²) in [4.78, 5) is 22.3. The normalized spacial score (nSPS) is 10.6. The Bertz CT molecular complexity index is 962. The molecule has 2 rings (SSSR count). The number of benzene rings is 2. The lowest BCUT2D eigenvalue weighted by molar-refractivity contribution is -0.384. The maximum atomic E-state index is 12.3. The Morgan fingerprint density at radius 1 is 1.22 bits per heavy atom. The SMILES string of the molecule is COc1ccc(/C=C(\C#N)C(=O)Nc2ccc([N+](=O)[O-])cc2O)cc1OC. The van der Waals surface area contributed by atoms with E-state index < -0.39 is 16.6 Å². The molecule has 2 aromatic rings. The lowest BCUT2D eigenvalue weighted by Crippen LogP contribution is -2.13. The number of rotatable bonds is 6. The predicted molar refractivity (Wildman–Crippen MR) is 96.5 cm³/mol. The molecule has 2 aromatic carbocycles. The third kappa shape index (κ3) is 4.52. The van der Waals surface area contributed by atoms with E-state index in [9.17, 15) is 25.3 Å². The van der Waals surface area contributed by atoms with Crippen molar-refractivity contribution in [3.05, 3.63) is 57.6 Å². The Morgan fingerprint density at radius 3 is 2.48 bits per heavy atom. The topological polar surface area (TPSA) is 135 Å². The molecule has 0 aliphatic carbocycles. The second-order valence-electron chi connectivity index (χ2n) is 5.20. The number of carbonyl (C=O) groups excluding carboxylic acids is 1. The van der Waals surface area contributed by atoms with Crippen molar-refractivity contribution in [3.8, 4) is 23.3 Å². The summed E-state index contributed by atoms with van der Waals surface area (Å²) in [6.45, 7) is 0. The average Bonchev–Trinajstić information content (AvgIpc) is 2.67. The highest BCUT2D eigenvalue weighted by Gasteiger charge is 2.15. The van der Waals surface area contributed by atoms with Gasteiger partial charge in [0.05, 0.1) is 30.9 Å². The van der Waals surface area contributed by atoms with Crippen molar-refractivity contribution >= 4 is 23.4 Å². The van der Waals surface area contributed by atoms with Crippen LogP contribution < -0.4 is 14.8 Å². The van der Waals surface area contributed by atoms with Gasteiger partial charge in [-0.2, -0.15) is 5.26 Å². The molecule has 0 saturated heterocycles. The fraction of sp³-hybridized carbons (Fsp3) is 0.111. The van der Waals surface area contributed by atoms with Gasteiger partial charge in [-0.15, -0.1) is 0 Å². The van der Waals surface area contributed by atoms with Gasteiger partial charge in [0.2, 0.25) is 0 Å². The van der Waals surface area contributed by atoms with Gasteiger partial charge in [-0.05, 0) is 29.8 Å². The number of non-ortho nitro benzene ring substituents is 1. The van der Waals surface area contributed by atoms with Crippen LogP contribution in [-0.2, 0) is 4.79 Å². The molecule has 27 heavy (non-hydrogen) atoms. The van der Waals surface area contributed by atoms with Crippen molar-refractivity contribution in [2.45, 2.75) is 0 Å². The van der Waals surface area contributed by atoms with E-state index in [-0.39, 0.29) is 16.9 Å². The van der Waals surface area contributed by atoms with Crippen molar-refractivity contribution in [1.29, 1.82) is 5.26 Å². The summed E-state index contributed by atoms with van der Waals surface area (Å²) < 4.78 is 10.3. The van der Waals surface area contributed by atoms with Crippen LogP contribution >= 0.6 is 0 Å². The first-order valence-corrected chi connectivity index (χ1v) is 7.52. The minimum Gasteiger partial charge on any atom is -0.506 e. The highest BCUT2D eigenvalue weighted by molar-refractivity contribution is 6.10. The maximum absolute atomic E-state index is 12.3. The number of phenols is 1. The molecule has 1 amide bonds. The van der Waals surface area contributed by atoms with E-state index in [1.54, 1.807) is 24.3 Å². The molecule has 0 fully saturated rings. The molecule has 0 heterocycles. The van der Waals surface area contributed by atoms with Crippen molar-refractivity contribution in [3.63, 3.8) is 0 Å². The lowest BCUT2D eigenvalue weighted by atomic mass is 10.1. The molecule has 0 atom stereocenters. The highest BCUT2D eigenvalue weighted by Crippen LogP contribution is 2.30. The largest absolute Gasteiger partial charge is 0.506 e. The minimum absolute atomic E-state index is 0.0564. The lowest BCUT2D eigenvalue weighted by Gasteiger charge is -2.09. The van der Waals surface area contributed by atoms with Gasteiger partial charge in [0.15, 0.2) is 11.5 Å². The number of nitro benzene ring substituents is 1. The van der Waals surface area contributed by atoms with Crippen molar-refractivity contribution in [1.82, 2.24) is 0 Å². The number of phenolic OH excluding ortho intramolecular Hbond substituents is 1. The number of ether oxygens (including phenoxy) is 2. The van der Waals surface area contributed by atoms with Gasteiger partial charge >= 0.3 is 0 Å². The number of nitrogens with one attached hydrogen (secondary N) is 1. The van der Waals surface area contributed by atoms with Crippen LogP contribution in [0.5, 0.6) is 17.2 Å². The minimum atomic E-state index is -0.781. The molecule has 0 radical (unpaired) electrons. The van der Waals surface area contributed by atoms with E-state index in [1.807, 2.05) is 0 Å². The van der Waals surface area contributed by atoms with E-state index in [0.717, 1.165) is 12.1 Å². The molecule has 0 aliphatic rings. The van der Waals surface area contributed by atoms with E-state index >= 15 is 0 Å². The number of anilines is 1. The van der Waals surface area contributed by atoms with Crippen molar-refractivity contribution in [2.24, 2.45) is 0 Å². The summed E-state index contributed by atoms with van der Waals surface area (Å²) in [5.41, 5.74) is -0.0989. The van der Waals surface area contributed by atoms with Gasteiger partial charge in [-0.25, -0.2) is 0 Å². The van der Waals surface area contributed by atoms with Crippen LogP contribution in [0.15, 0.2) is 42.0 Å². The maximum Gasteiger partial charge on any atom is 0.273 e. The van der Waals surface area contributed by atoms with Crippen LogP contribution in [0.3, 0.4) is 0 Å². The summed E-state index contributed by atoms with van der Waals surface area (Å²) in [7, 11) is 2.94. The smallest absolute Gasteiger partial charge is 0.273 e. The summed E-state index contributed by atoms with van der Waals surface area (Å²) in [6, 6.07) is 9.83. The van der Waals surface area contributed by atoms with E-state index in [2.05, 4.69) is 5.32 Å². The first-order valence-electron chi connectivity index (χ1n) is 7.52. The van der Waals surface area contributed by atoms with Gasteiger partial charge < -0.3 is 19.9 Å². The zero-order valence-electron chi connectivity index (χ0n) is 14.4. The molecule has 0 saturated carbocycles. The Balaban J connectivity index is 2.27. The van der Waals surface area contributed by atoms with Gasteiger partial charge in [0, 0.05) is 6.07 Å². The predicted octanol–water partition coefficient (Wildman–Crippen LogP) is 2.86. The molecule has 0 spiro atoms. The Kier molecular flexibility index (Phi) is 5.96. The van der Waals surface area contributed by atoms with Crippen molar-refractivity contribution in [2.75, 3.05) is 19.5 Å². The first kappa shape index (κ1) is 19.3. The van der Waals surface area contributed by atoms with Crippen LogP contribution in [0.1, 0.15) is 5.56 Å². The number of nitriles is 1. The third-order valence-corrected chi connectivity index (χ3v) is 3.52. The second kappa shape index (κ2) is 8.35. The quantitative estimate of drug-likeness (QED) is 0.263. The molecule has 0 aliphatic heterocycles. The number of aromatic hydroxyl groups is 1. The van der Waals surface area contributed by atoms with Crippen LogP contribution in [0.25, 0.3) is 6.08 Å². The van der Waals surface area contributed by atoms with E-state index in [0.29, 0.717) is 17.1 Å². The fourth-order valence-corrected chi connectivity index (χ4v) is 2.19. The summed E-state index contributed by atoms with van der Waals surface area (Å²) in [5, 5.41) is 32.1. The molecule has 138 valence electrons. The average molecular weight is 369 g/mol. The number of amides is 1. The zero-order valence-corrected chi connectivity index (χ0v) is 14.4. The summed E-state index contributed by atoms with van der Waals surface area (Å²) in [6.07, 6.45) is 1.33. The number of carbonyl (C=O) groups is 1. The number of methoxy groups -OCH3 is 2. The molecule has 9 nitrogen and oxygen atoms in total. The Labute approximate surface area is 154 Å². The number of hydrogen-bond donors (Lipinski definition) is 2. The number of hydrogen-bond acceptors (Lipinski definition) is 7. The van der Waals surface area contributed by atoms with E-state index in [4.69, 9.17) is 9.47 Å². The third-order valence-electron chi connectivity index (χ3n) is 3.52. The molecular formula is C18H15N3O6. The molecule has 2 N–H and O–H groups in total. The molecule has 0 bridgehead atoms. The Hall–Kier alpha value is -4.06. The first-order chi connectivity index (χ1) is 12.9. The van der Waals surface area contributed by atoms with Crippen LogP contribution in [-0.4, -0.2) is 30.2 Å². The second-order valence-corrected chi connectivity index (χ2v) is 5.20. The molecule has 9 heteroatoms. The van der Waals surface area contributed by atoms with Crippen LogP contribution in [0.4, 0.5) is 11.4 Å². The van der Waals surface area contributed by atoms with Gasteiger partial charge in [-0.3, -0.25) is 14.9 Å². The van der Waals surface area contributed by atoms with Gasteiger partial charge in [0.25, 0.3) is 11.6 Å². The molecule has 0 unspecified atom stereocenters. The zero-order chi connectivity index (χ0) is 20.0. The number of nitro groups is 1. The van der Waals surface area contributed by atoms with Gasteiger partial charge in [-0.1, -0.05) is 6.07 Å². The Morgan fingerprint density at radius 2 is 1.93 bits per heavy atom. The fourth-order valence-electron chi connectivity index (χ4n) is 2.19. The molecule has 0 aromatic heterocycles. The standard InChI is InChI=1S/C18H15N3O6/c1-26-16-6-3-11(8-17(16)27-2)7-12(10-19)18(23)20-14-5-4-13(21(24)25)9-15(14)22/h3-9,22H,1-2H3,(H,20,23)/b12-7+. The van der Waals surface area contributed by atoms with E-state index in [1.165, 1.54) is 26.4 Å².